The van der Waals surface area contributed by atoms with Crippen molar-refractivity contribution in [2.75, 3.05) is 13.1 Å². The van der Waals surface area contributed by atoms with Crippen molar-refractivity contribution in [2.24, 2.45) is 17.6 Å². The first-order chi connectivity index (χ1) is 11.7. The Labute approximate surface area is 141 Å². The average Bonchev–Trinajstić information content (AvgIpc) is 3.34. The fraction of sp³-hybridized carbons (Fsp3) is 0.824. The lowest BCUT2D eigenvalue weighted by molar-refractivity contribution is 0.0591. The Morgan fingerprint density at radius 2 is 1.75 bits per heavy atom. The first-order valence-corrected chi connectivity index (χ1v) is 9.31. The highest BCUT2D eigenvalue weighted by Gasteiger charge is 2.53. The van der Waals surface area contributed by atoms with Gasteiger partial charge < -0.3 is 15.4 Å². The zero-order valence-electron chi connectivity index (χ0n) is 13.9. The van der Waals surface area contributed by atoms with Gasteiger partial charge in [-0.25, -0.2) is 4.68 Å². The van der Waals surface area contributed by atoms with E-state index in [9.17, 15) is 4.79 Å². The third kappa shape index (κ3) is 2.29. The van der Waals surface area contributed by atoms with E-state index in [1.165, 1.54) is 0 Å². The summed E-state index contributed by atoms with van der Waals surface area (Å²) in [4.78, 5) is 14.8. The molecule has 3 saturated heterocycles. The molecule has 5 rings (SSSR count). The molecule has 4 atom stereocenters. The summed E-state index contributed by atoms with van der Waals surface area (Å²) in [5.74, 6) is 1.09. The van der Waals surface area contributed by atoms with Gasteiger partial charge in [-0.3, -0.25) is 4.79 Å². The molecular formula is C17H25N5O2. The van der Waals surface area contributed by atoms with Crippen LogP contribution in [0.2, 0.25) is 0 Å². The third-order valence-electron chi connectivity index (χ3n) is 6.58. The maximum Gasteiger partial charge on any atom is 0.276 e. The van der Waals surface area contributed by atoms with Crippen molar-refractivity contribution < 1.29 is 9.53 Å². The van der Waals surface area contributed by atoms with Crippen molar-refractivity contribution >= 4 is 5.91 Å². The lowest BCUT2D eigenvalue weighted by atomic mass is 9.82. The zero-order chi connectivity index (χ0) is 16.3. The lowest BCUT2D eigenvalue weighted by Crippen LogP contribution is -2.31. The minimum absolute atomic E-state index is 0.0301. The van der Waals surface area contributed by atoms with E-state index in [0.717, 1.165) is 51.6 Å². The van der Waals surface area contributed by atoms with Gasteiger partial charge in [0.2, 0.25) is 0 Å². The highest BCUT2D eigenvalue weighted by Crippen LogP contribution is 2.47. The number of nitrogens with zero attached hydrogens (tertiary/aromatic N) is 4. The molecule has 2 N–H and O–H groups in total. The molecule has 0 radical (unpaired) electrons. The first-order valence-electron chi connectivity index (χ1n) is 9.31. The first kappa shape index (κ1) is 14.8. The minimum atomic E-state index is 0.0301. The normalized spacial score (nSPS) is 41.0. The standard InChI is InChI=1S/C17H25N5O2/c18-10-1-3-11(4-2-10)22-9-14(19-20-22)17(23)21-7-12-13(8-21)16-6-5-15(12)24-16/h9-13,15-16H,1-8,18H2/t10?,11?,12-,13+,15+,16-. The van der Waals surface area contributed by atoms with E-state index in [2.05, 4.69) is 10.3 Å². The minimum Gasteiger partial charge on any atom is -0.374 e. The van der Waals surface area contributed by atoms with Gasteiger partial charge in [-0.05, 0) is 38.5 Å². The molecule has 1 saturated carbocycles. The van der Waals surface area contributed by atoms with Crippen LogP contribution in [-0.4, -0.2) is 57.1 Å². The second-order valence-corrected chi connectivity index (χ2v) is 7.98. The predicted octanol–water partition coefficient (Wildman–Crippen LogP) is 0.970. The van der Waals surface area contributed by atoms with E-state index in [1.54, 1.807) is 0 Å². The highest BCUT2D eigenvalue weighted by atomic mass is 16.5. The van der Waals surface area contributed by atoms with Crippen molar-refractivity contribution in [3.05, 3.63) is 11.9 Å². The number of hydrogen-bond acceptors (Lipinski definition) is 5. The molecule has 1 aliphatic carbocycles. The second-order valence-electron chi connectivity index (χ2n) is 7.98. The molecule has 130 valence electrons. The van der Waals surface area contributed by atoms with Gasteiger partial charge in [-0.1, -0.05) is 5.21 Å². The van der Waals surface area contributed by atoms with Crippen LogP contribution in [0.5, 0.6) is 0 Å². The molecule has 1 aromatic rings. The van der Waals surface area contributed by atoms with Gasteiger partial charge in [-0.15, -0.1) is 5.10 Å². The van der Waals surface area contributed by atoms with Gasteiger partial charge in [0.05, 0.1) is 24.4 Å². The molecule has 0 unspecified atom stereocenters. The number of fused-ring (bicyclic) bond motifs is 5. The molecule has 0 aromatic carbocycles. The van der Waals surface area contributed by atoms with E-state index in [1.807, 2.05) is 15.8 Å². The SMILES string of the molecule is NC1CCC(n2cc(C(=O)N3C[C@@H]4[C@H](C3)[C@H]3CC[C@@H]4O3)nn2)CC1. The fourth-order valence-electron chi connectivity index (χ4n) is 5.21. The monoisotopic (exact) mass is 331 g/mol. The van der Waals surface area contributed by atoms with Crippen LogP contribution in [0.1, 0.15) is 55.1 Å². The van der Waals surface area contributed by atoms with Gasteiger partial charge in [-0.2, -0.15) is 0 Å². The van der Waals surface area contributed by atoms with Crippen LogP contribution in [0, 0.1) is 11.8 Å². The number of carbonyl (C=O) groups is 1. The summed E-state index contributed by atoms with van der Waals surface area (Å²) in [6.45, 7) is 1.63. The number of amides is 1. The van der Waals surface area contributed by atoms with Gasteiger partial charge in [0.1, 0.15) is 0 Å². The quantitative estimate of drug-likeness (QED) is 0.873. The number of rotatable bonds is 2. The maximum atomic E-state index is 12.8. The van der Waals surface area contributed by atoms with E-state index in [4.69, 9.17) is 10.5 Å². The molecule has 7 heteroatoms. The maximum absolute atomic E-state index is 12.8. The Balaban J connectivity index is 1.27. The molecule has 0 spiro atoms. The van der Waals surface area contributed by atoms with E-state index < -0.39 is 0 Å². The predicted molar refractivity (Wildman–Crippen MR) is 86.3 cm³/mol. The summed E-state index contributed by atoms with van der Waals surface area (Å²) >= 11 is 0. The molecule has 4 aliphatic rings. The number of nitrogens with two attached hydrogens (primary N) is 1. The van der Waals surface area contributed by atoms with Crippen molar-refractivity contribution in [1.29, 1.82) is 0 Å². The average molecular weight is 331 g/mol. The molecule has 4 fully saturated rings. The Morgan fingerprint density at radius 3 is 2.42 bits per heavy atom. The van der Waals surface area contributed by atoms with Gasteiger partial charge in [0.15, 0.2) is 5.69 Å². The smallest absolute Gasteiger partial charge is 0.276 e. The van der Waals surface area contributed by atoms with E-state index in [-0.39, 0.29) is 5.91 Å². The number of likely N-dealkylation sites (tertiary alicyclic amines) is 1. The molecule has 2 bridgehead atoms. The molecule has 1 aromatic heterocycles. The van der Waals surface area contributed by atoms with Crippen LogP contribution in [-0.2, 0) is 4.74 Å². The zero-order valence-corrected chi connectivity index (χ0v) is 13.9. The topological polar surface area (TPSA) is 86.3 Å². The van der Waals surface area contributed by atoms with E-state index in [0.29, 0.717) is 41.8 Å². The number of carbonyl (C=O) groups excluding carboxylic acids is 1. The van der Waals surface area contributed by atoms with Crippen LogP contribution in [0.3, 0.4) is 0 Å². The number of hydrogen-bond donors (Lipinski definition) is 1. The molecule has 24 heavy (non-hydrogen) atoms. The Morgan fingerprint density at radius 1 is 1.08 bits per heavy atom. The van der Waals surface area contributed by atoms with Crippen molar-refractivity contribution in [2.45, 2.75) is 62.8 Å². The summed E-state index contributed by atoms with van der Waals surface area (Å²) in [6.07, 6.45) is 8.99. The summed E-state index contributed by atoms with van der Waals surface area (Å²) in [5.41, 5.74) is 6.45. The van der Waals surface area contributed by atoms with Crippen LogP contribution in [0.15, 0.2) is 6.20 Å². The summed E-state index contributed by atoms with van der Waals surface area (Å²) in [6, 6.07) is 0.647. The Kier molecular flexibility index (Phi) is 3.42. The third-order valence-corrected chi connectivity index (χ3v) is 6.58. The molecule has 7 nitrogen and oxygen atoms in total. The van der Waals surface area contributed by atoms with Gasteiger partial charge in [0, 0.05) is 31.0 Å². The number of aromatic nitrogens is 3. The van der Waals surface area contributed by atoms with Gasteiger partial charge in [0.25, 0.3) is 5.91 Å². The largest absolute Gasteiger partial charge is 0.374 e. The molecule has 4 heterocycles. The van der Waals surface area contributed by atoms with Crippen molar-refractivity contribution in [3.63, 3.8) is 0 Å². The summed E-state index contributed by atoms with van der Waals surface area (Å²) in [7, 11) is 0. The van der Waals surface area contributed by atoms with E-state index >= 15 is 0 Å². The second kappa shape index (κ2) is 5.52. The van der Waals surface area contributed by atoms with Crippen LogP contribution in [0.25, 0.3) is 0 Å². The van der Waals surface area contributed by atoms with Crippen molar-refractivity contribution in [3.8, 4) is 0 Å². The van der Waals surface area contributed by atoms with Gasteiger partial charge >= 0.3 is 0 Å². The van der Waals surface area contributed by atoms with Crippen LogP contribution in [0.4, 0.5) is 0 Å². The highest BCUT2D eigenvalue weighted by molar-refractivity contribution is 5.92. The fourth-order valence-corrected chi connectivity index (χ4v) is 5.21. The summed E-state index contributed by atoms with van der Waals surface area (Å²) in [5, 5.41) is 8.39. The molecular weight excluding hydrogens is 306 g/mol. The van der Waals surface area contributed by atoms with Crippen molar-refractivity contribution in [1.82, 2.24) is 19.9 Å². The summed E-state index contributed by atoms with van der Waals surface area (Å²) < 4.78 is 7.86. The van der Waals surface area contributed by atoms with Crippen LogP contribution < -0.4 is 5.73 Å². The lowest BCUT2D eigenvalue weighted by Gasteiger charge is -2.25. The Bertz CT molecular complexity index is 621. The number of ether oxygens (including phenoxy) is 1. The molecule has 3 aliphatic heterocycles. The Hall–Kier alpha value is -1.47. The van der Waals surface area contributed by atoms with Crippen LogP contribution >= 0.6 is 0 Å². The molecule has 1 amide bonds.